The van der Waals surface area contributed by atoms with Crippen LogP contribution in [0.3, 0.4) is 0 Å². The van der Waals surface area contributed by atoms with E-state index in [1.54, 1.807) is 0 Å². The van der Waals surface area contributed by atoms with Crippen LogP contribution in [0.1, 0.15) is 37.5 Å². The van der Waals surface area contributed by atoms with Crippen molar-refractivity contribution in [3.8, 4) is 0 Å². The summed E-state index contributed by atoms with van der Waals surface area (Å²) in [5.74, 6) is 0. The molecule has 0 N–H and O–H groups in total. The Morgan fingerprint density at radius 3 is 2.17 bits per heavy atom. The van der Waals surface area contributed by atoms with Crippen LogP contribution >= 0.6 is 12.6 Å². The third-order valence-electron chi connectivity index (χ3n) is 5.16. The lowest BCUT2D eigenvalue weighted by Gasteiger charge is -2.60. The molecule has 0 amide bonds. The second kappa shape index (κ2) is 6.72. The second-order valence-electron chi connectivity index (χ2n) is 6.96. The maximum absolute atomic E-state index is 4.76. The van der Waals surface area contributed by atoms with Gasteiger partial charge in [-0.3, -0.25) is 10.0 Å². The highest BCUT2D eigenvalue weighted by Crippen LogP contribution is 2.40. The summed E-state index contributed by atoms with van der Waals surface area (Å²) in [6.07, 6.45) is 1.08. The van der Waals surface area contributed by atoms with Crippen molar-refractivity contribution < 1.29 is 0 Å². The number of thiol groups is 1. The van der Waals surface area contributed by atoms with Gasteiger partial charge in [-0.15, -0.1) is 0 Å². The molecule has 1 heterocycles. The molecule has 0 radical (unpaired) electrons. The van der Waals surface area contributed by atoms with Crippen LogP contribution in [0, 0.1) is 13.8 Å². The molecule has 3 rings (SSSR count). The van der Waals surface area contributed by atoms with E-state index in [0.717, 1.165) is 6.42 Å². The first-order valence-electron chi connectivity index (χ1n) is 8.86. The predicted octanol–water partition coefficient (Wildman–Crippen LogP) is 5.18. The summed E-state index contributed by atoms with van der Waals surface area (Å²) in [7, 11) is 0. The van der Waals surface area contributed by atoms with Gasteiger partial charge in [0.15, 0.2) is 0 Å². The molecule has 0 aromatic heterocycles. The van der Waals surface area contributed by atoms with Crippen LogP contribution in [0.4, 0.5) is 11.4 Å². The Morgan fingerprint density at radius 2 is 1.62 bits per heavy atom. The summed E-state index contributed by atoms with van der Waals surface area (Å²) in [5, 5.41) is 5.13. The standard InChI is InChI=1S/C21H28N2S/c1-6-18-9-12-20(13-15(18)3)23-21(17(5)24)16(4)22(23)19-10-7-14(2)8-11-19/h7-13,16-17,21,24H,6H2,1-5H3. The average molecular weight is 341 g/mol. The second-order valence-corrected chi connectivity index (χ2v) is 7.78. The number of anilines is 2. The van der Waals surface area contributed by atoms with Gasteiger partial charge in [0.1, 0.15) is 0 Å². The Balaban J connectivity index is 1.99. The third-order valence-corrected chi connectivity index (χ3v) is 5.46. The van der Waals surface area contributed by atoms with E-state index in [1.807, 2.05) is 0 Å². The van der Waals surface area contributed by atoms with E-state index in [0.29, 0.717) is 17.3 Å². The van der Waals surface area contributed by atoms with Crippen LogP contribution in [-0.4, -0.2) is 17.3 Å². The summed E-state index contributed by atoms with van der Waals surface area (Å²) in [6, 6.07) is 16.5. The fourth-order valence-electron chi connectivity index (χ4n) is 3.80. The van der Waals surface area contributed by atoms with E-state index in [1.165, 1.54) is 28.1 Å². The number of aryl methyl sites for hydroxylation is 3. The van der Waals surface area contributed by atoms with E-state index in [9.17, 15) is 0 Å². The molecule has 1 saturated heterocycles. The van der Waals surface area contributed by atoms with Crippen molar-refractivity contribution in [2.45, 2.75) is 58.4 Å². The SMILES string of the molecule is CCc1ccc(N2C(C(C)S)C(C)N2c2ccc(C)cc2)cc1C. The third kappa shape index (κ3) is 2.90. The molecule has 3 unspecified atom stereocenters. The largest absolute Gasteiger partial charge is 0.280 e. The number of hydrogen-bond acceptors (Lipinski definition) is 3. The highest BCUT2D eigenvalue weighted by Gasteiger charge is 2.46. The zero-order chi connectivity index (χ0) is 17.4. The first-order chi connectivity index (χ1) is 11.4. The minimum atomic E-state index is 0.313. The molecule has 1 aliphatic rings. The Bertz CT molecular complexity index is 708. The number of hydrazine groups is 1. The van der Waals surface area contributed by atoms with Crippen LogP contribution in [-0.2, 0) is 6.42 Å². The van der Waals surface area contributed by atoms with Gasteiger partial charge in [-0.25, -0.2) is 0 Å². The summed E-state index contributed by atoms with van der Waals surface area (Å²) in [6.45, 7) is 11.0. The molecule has 2 aromatic carbocycles. The molecule has 3 atom stereocenters. The van der Waals surface area contributed by atoms with Crippen molar-refractivity contribution in [1.29, 1.82) is 0 Å². The molecule has 3 heteroatoms. The first-order valence-corrected chi connectivity index (χ1v) is 9.38. The van der Waals surface area contributed by atoms with Gasteiger partial charge in [0.05, 0.1) is 23.5 Å². The summed E-state index contributed by atoms with van der Waals surface area (Å²) < 4.78 is 0. The van der Waals surface area contributed by atoms with Crippen LogP contribution < -0.4 is 10.0 Å². The fraction of sp³-hybridized carbons (Fsp3) is 0.429. The highest BCUT2D eigenvalue weighted by atomic mass is 32.1. The van der Waals surface area contributed by atoms with E-state index < -0.39 is 0 Å². The quantitative estimate of drug-likeness (QED) is 0.766. The summed E-state index contributed by atoms with van der Waals surface area (Å²) in [4.78, 5) is 0. The minimum Gasteiger partial charge on any atom is -0.280 e. The van der Waals surface area contributed by atoms with E-state index in [2.05, 4.69) is 87.1 Å². The highest BCUT2D eigenvalue weighted by molar-refractivity contribution is 7.81. The molecule has 128 valence electrons. The molecular weight excluding hydrogens is 312 g/mol. The normalized spacial score (nSPS) is 21.6. The Kier molecular flexibility index (Phi) is 4.82. The number of hydrogen-bond donors (Lipinski definition) is 1. The number of rotatable bonds is 4. The molecule has 0 saturated carbocycles. The zero-order valence-corrected chi connectivity index (χ0v) is 16.2. The van der Waals surface area contributed by atoms with Gasteiger partial charge in [0.2, 0.25) is 0 Å². The van der Waals surface area contributed by atoms with Crippen molar-refractivity contribution in [2.24, 2.45) is 0 Å². The first kappa shape index (κ1) is 17.2. The maximum atomic E-state index is 4.76. The monoisotopic (exact) mass is 340 g/mol. The van der Waals surface area contributed by atoms with Gasteiger partial charge in [0, 0.05) is 5.25 Å². The van der Waals surface area contributed by atoms with Crippen molar-refractivity contribution in [3.05, 3.63) is 59.2 Å². The fourth-order valence-corrected chi connectivity index (χ4v) is 4.17. The van der Waals surface area contributed by atoms with Crippen molar-refractivity contribution in [2.75, 3.05) is 10.0 Å². The predicted molar refractivity (Wildman–Crippen MR) is 108 cm³/mol. The Labute approximate surface area is 151 Å². The van der Waals surface area contributed by atoms with Gasteiger partial charge in [-0.05, 0) is 62.6 Å². The van der Waals surface area contributed by atoms with Crippen LogP contribution in [0.15, 0.2) is 42.5 Å². The van der Waals surface area contributed by atoms with Gasteiger partial charge >= 0.3 is 0 Å². The van der Waals surface area contributed by atoms with Crippen LogP contribution in [0.2, 0.25) is 0 Å². The molecule has 0 spiro atoms. The van der Waals surface area contributed by atoms with E-state index in [4.69, 9.17) is 12.6 Å². The van der Waals surface area contributed by atoms with E-state index in [-0.39, 0.29) is 0 Å². The average Bonchev–Trinajstić information content (AvgIpc) is 2.54. The van der Waals surface area contributed by atoms with Gasteiger partial charge in [-0.2, -0.15) is 12.6 Å². The molecule has 2 nitrogen and oxygen atoms in total. The topological polar surface area (TPSA) is 6.48 Å². The van der Waals surface area contributed by atoms with Crippen molar-refractivity contribution >= 4 is 24.0 Å². The molecular formula is C21H28N2S. The van der Waals surface area contributed by atoms with Crippen LogP contribution in [0.5, 0.6) is 0 Å². The lowest BCUT2D eigenvalue weighted by molar-refractivity contribution is 0.353. The molecule has 1 aliphatic heterocycles. The Morgan fingerprint density at radius 1 is 1.00 bits per heavy atom. The van der Waals surface area contributed by atoms with E-state index >= 15 is 0 Å². The van der Waals surface area contributed by atoms with Gasteiger partial charge in [0.25, 0.3) is 0 Å². The summed E-state index contributed by atoms with van der Waals surface area (Å²) >= 11 is 4.76. The summed E-state index contributed by atoms with van der Waals surface area (Å²) in [5.41, 5.74) is 6.58. The number of nitrogens with zero attached hydrogens (tertiary/aromatic N) is 2. The molecule has 2 aromatic rings. The van der Waals surface area contributed by atoms with Crippen molar-refractivity contribution in [1.82, 2.24) is 0 Å². The van der Waals surface area contributed by atoms with Crippen LogP contribution in [0.25, 0.3) is 0 Å². The van der Waals surface area contributed by atoms with Gasteiger partial charge < -0.3 is 0 Å². The maximum Gasteiger partial charge on any atom is 0.0840 e. The lowest BCUT2D eigenvalue weighted by atomic mass is 9.96. The smallest absolute Gasteiger partial charge is 0.0840 e. The molecule has 0 bridgehead atoms. The number of benzene rings is 2. The molecule has 1 fully saturated rings. The Hall–Kier alpha value is -1.61. The minimum absolute atomic E-state index is 0.313. The molecule has 24 heavy (non-hydrogen) atoms. The van der Waals surface area contributed by atoms with Gasteiger partial charge in [-0.1, -0.05) is 37.6 Å². The van der Waals surface area contributed by atoms with Crippen molar-refractivity contribution in [3.63, 3.8) is 0 Å². The lowest BCUT2D eigenvalue weighted by Crippen LogP contribution is -2.73. The molecule has 0 aliphatic carbocycles. The zero-order valence-electron chi connectivity index (χ0n) is 15.3.